The van der Waals surface area contributed by atoms with Crippen LogP contribution >= 0.6 is 0 Å². The number of nitrogens with zero attached hydrogens (tertiary/aromatic N) is 1. The molecule has 146 valence electrons. The van der Waals surface area contributed by atoms with Crippen LogP contribution in [0.4, 0.5) is 0 Å². The van der Waals surface area contributed by atoms with Gasteiger partial charge in [-0.25, -0.2) is 0 Å². The van der Waals surface area contributed by atoms with Gasteiger partial charge in [-0.3, -0.25) is 9.59 Å². The molecule has 0 radical (unpaired) electrons. The Morgan fingerprint density at radius 3 is 2.61 bits per heavy atom. The molecule has 2 aromatic rings. The van der Waals surface area contributed by atoms with Gasteiger partial charge in [0.1, 0.15) is 5.56 Å². The van der Waals surface area contributed by atoms with Crippen LogP contribution in [0.15, 0.2) is 47.3 Å². The smallest absolute Gasteiger partial charge is 0.261 e. The van der Waals surface area contributed by atoms with E-state index in [-0.39, 0.29) is 17.0 Å². The highest BCUT2D eigenvalue weighted by Crippen LogP contribution is 2.50. The normalized spacial score (nSPS) is 28.8. The molecule has 5 rings (SSSR count). The second kappa shape index (κ2) is 7.23. The molecule has 2 saturated carbocycles. The molecule has 1 aromatic heterocycles. The van der Waals surface area contributed by atoms with Crippen LogP contribution in [0.1, 0.15) is 55.3 Å². The van der Waals surface area contributed by atoms with E-state index in [1.807, 2.05) is 41.3 Å². The number of carbonyl (C=O) groups excluding carboxylic acids is 1. The van der Waals surface area contributed by atoms with Crippen LogP contribution in [0.5, 0.6) is 0 Å². The van der Waals surface area contributed by atoms with Gasteiger partial charge in [-0.05, 0) is 74.0 Å². The highest BCUT2D eigenvalue weighted by molar-refractivity contribution is 5.94. The molecule has 4 heteroatoms. The van der Waals surface area contributed by atoms with Crippen molar-refractivity contribution >= 4 is 5.91 Å². The summed E-state index contributed by atoms with van der Waals surface area (Å²) < 4.78 is 0. The SMILES string of the molecule is O=C(c1ccc(-c2ccccc2)[nH]c1=O)N1CCCC1CC1CC2CCC1C2. The first kappa shape index (κ1) is 17.7. The number of aromatic amines is 1. The third-order valence-electron chi connectivity index (χ3n) is 7.32. The van der Waals surface area contributed by atoms with Gasteiger partial charge in [0.15, 0.2) is 0 Å². The lowest BCUT2D eigenvalue weighted by Gasteiger charge is -2.30. The van der Waals surface area contributed by atoms with Crippen LogP contribution in [0.3, 0.4) is 0 Å². The minimum atomic E-state index is -0.281. The summed E-state index contributed by atoms with van der Waals surface area (Å²) in [6, 6.07) is 13.6. The first-order valence-electron chi connectivity index (χ1n) is 10.8. The van der Waals surface area contributed by atoms with E-state index in [2.05, 4.69) is 4.98 Å². The van der Waals surface area contributed by atoms with Crippen molar-refractivity contribution in [3.05, 3.63) is 58.4 Å². The Hall–Kier alpha value is -2.36. The van der Waals surface area contributed by atoms with Gasteiger partial charge < -0.3 is 9.88 Å². The number of hydrogen-bond donors (Lipinski definition) is 1. The van der Waals surface area contributed by atoms with Crippen molar-refractivity contribution in [2.24, 2.45) is 17.8 Å². The predicted molar refractivity (Wildman–Crippen MR) is 110 cm³/mol. The molecule has 2 heterocycles. The second-order valence-electron chi connectivity index (χ2n) is 8.95. The molecule has 1 saturated heterocycles. The highest BCUT2D eigenvalue weighted by atomic mass is 16.2. The Morgan fingerprint density at radius 2 is 1.89 bits per heavy atom. The van der Waals surface area contributed by atoms with Crippen LogP contribution in [0.2, 0.25) is 0 Å². The number of benzene rings is 1. The average molecular weight is 377 g/mol. The number of carbonyl (C=O) groups is 1. The highest BCUT2D eigenvalue weighted by Gasteiger charge is 2.42. The molecule has 2 aliphatic carbocycles. The maximum Gasteiger partial charge on any atom is 0.261 e. The first-order chi connectivity index (χ1) is 13.7. The molecule has 3 aliphatic rings. The summed E-state index contributed by atoms with van der Waals surface area (Å²) in [5.41, 5.74) is 1.70. The van der Waals surface area contributed by atoms with E-state index < -0.39 is 0 Å². The predicted octanol–water partition coefficient (Wildman–Crippen LogP) is 4.47. The van der Waals surface area contributed by atoms with Crippen molar-refractivity contribution in [3.63, 3.8) is 0 Å². The lowest BCUT2D eigenvalue weighted by atomic mass is 9.83. The van der Waals surface area contributed by atoms with Gasteiger partial charge in [0.25, 0.3) is 11.5 Å². The van der Waals surface area contributed by atoms with Gasteiger partial charge in [-0.2, -0.15) is 0 Å². The van der Waals surface area contributed by atoms with Gasteiger partial charge in [-0.1, -0.05) is 36.8 Å². The molecular weight excluding hydrogens is 348 g/mol. The lowest BCUT2D eigenvalue weighted by Crippen LogP contribution is -2.39. The van der Waals surface area contributed by atoms with Gasteiger partial charge in [-0.15, -0.1) is 0 Å². The number of pyridine rings is 1. The number of aromatic nitrogens is 1. The summed E-state index contributed by atoms with van der Waals surface area (Å²) in [4.78, 5) is 30.7. The van der Waals surface area contributed by atoms with E-state index >= 15 is 0 Å². The minimum Gasteiger partial charge on any atom is -0.335 e. The fourth-order valence-electron chi connectivity index (χ4n) is 5.95. The monoisotopic (exact) mass is 376 g/mol. The Balaban J connectivity index is 1.33. The Bertz CT molecular complexity index is 920. The first-order valence-corrected chi connectivity index (χ1v) is 10.8. The standard InChI is InChI=1S/C24H28N2O2/c27-23-21(10-11-22(25-23)17-5-2-1-3-6-17)24(28)26-12-4-7-20(26)15-19-14-16-8-9-18(19)13-16/h1-3,5-6,10-11,16,18-20H,4,7-9,12-15H2,(H,25,27). The van der Waals surface area contributed by atoms with Gasteiger partial charge in [0, 0.05) is 18.3 Å². The van der Waals surface area contributed by atoms with Crippen LogP contribution in [0, 0.1) is 17.8 Å². The third-order valence-corrected chi connectivity index (χ3v) is 7.32. The molecule has 1 N–H and O–H groups in total. The van der Waals surface area contributed by atoms with E-state index in [1.165, 1.54) is 25.7 Å². The second-order valence-corrected chi connectivity index (χ2v) is 8.95. The van der Waals surface area contributed by atoms with Gasteiger partial charge in [0.05, 0.1) is 0 Å². The number of H-pyrrole nitrogens is 1. The molecule has 0 spiro atoms. The molecule has 4 unspecified atom stereocenters. The Kier molecular flexibility index (Phi) is 4.58. The number of nitrogens with one attached hydrogen (secondary N) is 1. The van der Waals surface area contributed by atoms with Crippen molar-refractivity contribution in [1.82, 2.24) is 9.88 Å². The zero-order chi connectivity index (χ0) is 19.1. The van der Waals surface area contributed by atoms with Crippen LogP contribution < -0.4 is 5.56 Å². The van der Waals surface area contributed by atoms with Crippen LogP contribution in [-0.4, -0.2) is 28.4 Å². The van der Waals surface area contributed by atoms with E-state index in [9.17, 15) is 9.59 Å². The van der Waals surface area contributed by atoms with Gasteiger partial charge in [0.2, 0.25) is 0 Å². The quantitative estimate of drug-likeness (QED) is 0.856. The lowest BCUT2D eigenvalue weighted by molar-refractivity contribution is 0.0706. The summed E-state index contributed by atoms with van der Waals surface area (Å²) >= 11 is 0. The molecular formula is C24H28N2O2. The third kappa shape index (κ3) is 3.19. The van der Waals surface area contributed by atoms with Crippen molar-refractivity contribution in [1.29, 1.82) is 0 Å². The summed E-state index contributed by atoms with van der Waals surface area (Å²) in [7, 11) is 0. The van der Waals surface area contributed by atoms with Crippen LogP contribution in [0.25, 0.3) is 11.3 Å². The minimum absolute atomic E-state index is 0.0912. The maximum absolute atomic E-state index is 13.2. The van der Waals surface area contributed by atoms with E-state index in [0.29, 0.717) is 6.04 Å². The van der Waals surface area contributed by atoms with Crippen molar-refractivity contribution in [2.75, 3.05) is 6.54 Å². The molecule has 4 nitrogen and oxygen atoms in total. The average Bonchev–Trinajstić information content (AvgIpc) is 3.45. The Labute approximate surface area is 166 Å². The zero-order valence-electron chi connectivity index (χ0n) is 16.3. The Morgan fingerprint density at radius 1 is 1.04 bits per heavy atom. The summed E-state index contributed by atoms with van der Waals surface area (Å²) in [5.74, 6) is 2.52. The van der Waals surface area contributed by atoms with E-state index in [4.69, 9.17) is 0 Å². The summed E-state index contributed by atoms with van der Waals surface area (Å²) in [6.45, 7) is 0.782. The number of amides is 1. The van der Waals surface area contributed by atoms with E-state index in [0.717, 1.165) is 54.8 Å². The number of fused-ring (bicyclic) bond motifs is 2. The van der Waals surface area contributed by atoms with Crippen molar-refractivity contribution in [2.45, 2.75) is 51.0 Å². The molecule has 1 aromatic carbocycles. The largest absolute Gasteiger partial charge is 0.335 e. The topological polar surface area (TPSA) is 53.2 Å². The maximum atomic E-state index is 13.2. The van der Waals surface area contributed by atoms with Crippen molar-refractivity contribution in [3.8, 4) is 11.3 Å². The molecule has 4 atom stereocenters. The van der Waals surface area contributed by atoms with Crippen LogP contribution in [-0.2, 0) is 0 Å². The van der Waals surface area contributed by atoms with E-state index in [1.54, 1.807) is 6.07 Å². The number of rotatable bonds is 4. The number of likely N-dealkylation sites (tertiary alicyclic amines) is 1. The fraction of sp³-hybridized carbons (Fsp3) is 0.500. The van der Waals surface area contributed by atoms with Crippen molar-refractivity contribution < 1.29 is 4.79 Å². The molecule has 28 heavy (non-hydrogen) atoms. The summed E-state index contributed by atoms with van der Waals surface area (Å²) in [5, 5.41) is 0. The molecule has 1 aliphatic heterocycles. The molecule has 2 bridgehead atoms. The number of hydrogen-bond acceptors (Lipinski definition) is 2. The molecule has 1 amide bonds. The fourth-order valence-corrected chi connectivity index (χ4v) is 5.95. The summed E-state index contributed by atoms with van der Waals surface area (Å²) in [6.07, 6.45) is 8.83. The molecule has 3 fully saturated rings. The van der Waals surface area contributed by atoms with Gasteiger partial charge >= 0.3 is 0 Å². The zero-order valence-corrected chi connectivity index (χ0v) is 16.3.